The predicted molar refractivity (Wildman–Crippen MR) is 74.4 cm³/mol. The Morgan fingerprint density at radius 2 is 2.40 bits per heavy atom. The summed E-state index contributed by atoms with van der Waals surface area (Å²) in [6.45, 7) is 8.33. The second-order valence-corrected chi connectivity index (χ2v) is 4.74. The van der Waals surface area contributed by atoms with Crippen molar-refractivity contribution in [2.75, 3.05) is 38.6 Å². The molecule has 2 heterocycles. The molecule has 1 aromatic rings. The van der Waals surface area contributed by atoms with Gasteiger partial charge in [0.25, 0.3) is 0 Å². The smallest absolute Gasteiger partial charge is 0.360 e. The van der Waals surface area contributed by atoms with E-state index in [-0.39, 0.29) is 11.8 Å². The molecule has 0 aliphatic carbocycles. The number of carbonyl (C=O) groups excluding carboxylic acids is 1. The molecule has 112 valence electrons. The van der Waals surface area contributed by atoms with E-state index >= 15 is 0 Å². The zero-order valence-corrected chi connectivity index (χ0v) is 12.0. The Balaban J connectivity index is 2.01. The molecule has 1 aliphatic rings. The fourth-order valence-corrected chi connectivity index (χ4v) is 2.29. The van der Waals surface area contributed by atoms with E-state index in [9.17, 15) is 4.79 Å². The Labute approximate surface area is 118 Å². The van der Waals surface area contributed by atoms with Crippen LogP contribution in [0.4, 0.5) is 5.82 Å². The van der Waals surface area contributed by atoms with Crippen molar-refractivity contribution < 1.29 is 14.3 Å². The molecule has 2 N–H and O–H groups in total. The standard InChI is InChI=1S/C13H22N4O3/c1-3-16-5-6-20-10(7-16)8-17-9-15-11(12(17)14)13(18)19-4-2/h9-10H,3-8,14H2,1-2H3. The summed E-state index contributed by atoms with van der Waals surface area (Å²) in [5.74, 6) is -0.149. The van der Waals surface area contributed by atoms with Crippen LogP contribution in [0.25, 0.3) is 0 Å². The SMILES string of the molecule is CCOC(=O)c1ncn(CC2CN(CC)CCO2)c1N. The molecule has 1 fully saturated rings. The summed E-state index contributed by atoms with van der Waals surface area (Å²) in [5, 5.41) is 0. The van der Waals surface area contributed by atoms with Crippen LogP contribution in [-0.2, 0) is 16.0 Å². The van der Waals surface area contributed by atoms with E-state index in [4.69, 9.17) is 15.2 Å². The summed E-state index contributed by atoms with van der Waals surface area (Å²) < 4.78 is 12.4. The maximum absolute atomic E-state index is 11.7. The molecule has 0 amide bonds. The fourth-order valence-electron chi connectivity index (χ4n) is 2.29. The predicted octanol–water partition coefficient (Wildman–Crippen LogP) is 0.363. The van der Waals surface area contributed by atoms with Gasteiger partial charge in [0.2, 0.25) is 0 Å². The first-order valence-corrected chi connectivity index (χ1v) is 6.97. The lowest BCUT2D eigenvalue weighted by atomic mass is 10.2. The molecule has 7 nitrogen and oxygen atoms in total. The van der Waals surface area contributed by atoms with Crippen molar-refractivity contribution in [3.8, 4) is 0 Å². The minimum Gasteiger partial charge on any atom is -0.461 e. The highest BCUT2D eigenvalue weighted by Gasteiger charge is 2.22. The number of carbonyl (C=O) groups is 1. The van der Waals surface area contributed by atoms with Crippen molar-refractivity contribution in [3.63, 3.8) is 0 Å². The summed E-state index contributed by atoms with van der Waals surface area (Å²) in [4.78, 5) is 18.0. The normalized spacial score (nSPS) is 20.0. The van der Waals surface area contributed by atoms with Gasteiger partial charge in [-0.25, -0.2) is 9.78 Å². The second kappa shape index (κ2) is 6.71. The van der Waals surface area contributed by atoms with E-state index in [2.05, 4.69) is 16.8 Å². The van der Waals surface area contributed by atoms with Crippen LogP contribution in [0.2, 0.25) is 0 Å². The van der Waals surface area contributed by atoms with Crippen LogP contribution in [0, 0.1) is 0 Å². The molecule has 1 aliphatic heterocycles. The summed E-state index contributed by atoms with van der Waals surface area (Å²) in [7, 11) is 0. The number of anilines is 1. The van der Waals surface area contributed by atoms with Crippen molar-refractivity contribution in [1.82, 2.24) is 14.5 Å². The fraction of sp³-hybridized carbons (Fsp3) is 0.692. The maximum Gasteiger partial charge on any atom is 0.360 e. The molecule has 0 aromatic carbocycles. The third-order valence-electron chi connectivity index (χ3n) is 3.42. The average molecular weight is 282 g/mol. The van der Waals surface area contributed by atoms with Crippen LogP contribution in [0.3, 0.4) is 0 Å². The van der Waals surface area contributed by atoms with E-state index in [0.29, 0.717) is 19.0 Å². The molecule has 1 aromatic heterocycles. The van der Waals surface area contributed by atoms with E-state index in [1.165, 1.54) is 0 Å². The van der Waals surface area contributed by atoms with Crippen LogP contribution in [0.5, 0.6) is 0 Å². The highest BCUT2D eigenvalue weighted by atomic mass is 16.5. The number of ether oxygens (including phenoxy) is 2. The molecule has 20 heavy (non-hydrogen) atoms. The van der Waals surface area contributed by atoms with E-state index in [1.807, 2.05) is 0 Å². The van der Waals surface area contributed by atoms with Crippen LogP contribution in [-0.4, -0.2) is 59.4 Å². The first-order chi connectivity index (χ1) is 9.65. The van der Waals surface area contributed by atoms with Gasteiger partial charge >= 0.3 is 5.97 Å². The number of hydrogen-bond donors (Lipinski definition) is 1. The number of nitrogen functional groups attached to an aromatic ring is 1. The number of nitrogens with zero attached hydrogens (tertiary/aromatic N) is 3. The Kier molecular flexibility index (Phi) is 4.97. The molecule has 0 radical (unpaired) electrons. The van der Waals surface area contributed by atoms with Crippen molar-refractivity contribution in [3.05, 3.63) is 12.0 Å². The van der Waals surface area contributed by atoms with Gasteiger partial charge in [-0.3, -0.25) is 4.90 Å². The summed E-state index contributed by atoms with van der Waals surface area (Å²) in [6.07, 6.45) is 1.63. The van der Waals surface area contributed by atoms with Crippen molar-refractivity contribution in [2.45, 2.75) is 26.5 Å². The highest BCUT2D eigenvalue weighted by Crippen LogP contribution is 2.14. The zero-order chi connectivity index (χ0) is 14.5. The minimum absolute atomic E-state index is 0.0650. The first kappa shape index (κ1) is 14.8. The Morgan fingerprint density at radius 3 is 3.10 bits per heavy atom. The van der Waals surface area contributed by atoms with Gasteiger partial charge in [-0.2, -0.15) is 0 Å². The lowest BCUT2D eigenvalue weighted by Crippen LogP contribution is -2.44. The molecule has 2 rings (SSSR count). The van der Waals surface area contributed by atoms with Crippen molar-refractivity contribution in [1.29, 1.82) is 0 Å². The summed E-state index contributed by atoms with van der Waals surface area (Å²) in [6, 6.07) is 0. The Hall–Kier alpha value is -1.60. The molecule has 7 heteroatoms. The van der Waals surface area contributed by atoms with E-state index < -0.39 is 5.97 Å². The van der Waals surface area contributed by atoms with E-state index in [0.717, 1.165) is 26.2 Å². The minimum atomic E-state index is -0.483. The molecule has 1 atom stereocenters. The quantitative estimate of drug-likeness (QED) is 0.785. The third kappa shape index (κ3) is 3.29. The number of esters is 1. The molecule has 0 saturated carbocycles. The zero-order valence-electron chi connectivity index (χ0n) is 12.0. The van der Waals surface area contributed by atoms with Gasteiger partial charge in [-0.05, 0) is 13.5 Å². The van der Waals surface area contributed by atoms with Gasteiger partial charge in [0, 0.05) is 13.1 Å². The van der Waals surface area contributed by atoms with Gasteiger partial charge in [-0.1, -0.05) is 6.92 Å². The Morgan fingerprint density at radius 1 is 1.60 bits per heavy atom. The lowest BCUT2D eigenvalue weighted by molar-refractivity contribution is -0.0340. The molecule has 0 bridgehead atoms. The molecule has 1 saturated heterocycles. The van der Waals surface area contributed by atoms with Gasteiger partial charge in [0.15, 0.2) is 5.69 Å². The van der Waals surface area contributed by atoms with Gasteiger partial charge in [0.05, 0.1) is 32.2 Å². The number of nitrogens with two attached hydrogens (primary N) is 1. The number of aromatic nitrogens is 2. The van der Waals surface area contributed by atoms with Crippen molar-refractivity contribution >= 4 is 11.8 Å². The maximum atomic E-state index is 11.7. The topological polar surface area (TPSA) is 82.6 Å². The molecule has 0 spiro atoms. The van der Waals surface area contributed by atoms with Crippen molar-refractivity contribution in [2.24, 2.45) is 0 Å². The molecular formula is C13H22N4O3. The van der Waals surface area contributed by atoms with Gasteiger partial charge in [-0.15, -0.1) is 0 Å². The van der Waals surface area contributed by atoms with E-state index in [1.54, 1.807) is 17.8 Å². The second-order valence-electron chi connectivity index (χ2n) is 4.74. The number of imidazole rings is 1. The lowest BCUT2D eigenvalue weighted by Gasteiger charge is -2.32. The van der Waals surface area contributed by atoms with Crippen LogP contribution >= 0.6 is 0 Å². The largest absolute Gasteiger partial charge is 0.461 e. The summed E-state index contributed by atoms with van der Waals surface area (Å²) >= 11 is 0. The molecular weight excluding hydrogens is 260 g/mol. The number of rotatable bonds is 5. The average Bonchev–Trinajstić information content (AvgIpc) is 2.81. The molecule has 1 unspecified atom stereocenters. The third-order valence-corrected chi connectivity index (χ3v) is 3.42. The van der Waals surface area contributed by atoms with Gasteiger partial charge in [0.1, 0.15) is 5.82 Å². The number of hydrogen-bond acceptors (Lipinski definition) is 6. The first-order valence-electron chi connectivity index (χ1n) is 6.97. The van der Waals surface area contributed by atoms with Gasteiger partial charge < -0.3 is 19.8 Å². The van der Waals surface area contributed by atoms with Crippen LogP contribution in [0.15, 0.2) is 6.33 Å². The summed E-state index contributed by atoms with van der Waals surface area (Å²) in [5.41, 5.74) is 6.13. The number of morpholine rings is 1. The Bertz CT molecular complexity index is 460. The monoisotopic (exact) mass is 282 g/mol. The van der Waals surface area contributed by atoms with Crippen LogP contribution in [0.1, 0.15) is 24.3 Å². The highest BCUT2D eigenvalue weighted by molar-refractivity contribution is 5.92. The number of likely N-dealkylation sites (N-methyl/N-ethyl adjacent to an activating group) is 1. The van der Waals surface area contributed by atoms with Crippen LogP contribution < -0.4 is 5.73 Å².